The third-order valence-electron chi connectivity index (χ3n) is 1.32. The minimum Gasteiger partial charge on any atom is -0.280 e. The summed E-state index contributed by atoms with van der Waals surface area (Å²) < 4.78 is 25.3. The largest absolute Gasteiger partial charge is 0.280 e. The van der Waals surface area contributed by atoms with Crippen molar-refractivity contribution < 1.29 is 8.42 Å². The van der Waals surface area contributed by atoms with Gasteiger partial charge in [0.2, 0.25) is 0 Å². The van der Waals surface area contributed by atoms with Crippen molar-refractivity contribution in [2.75, 3.05) is 4.72 Å². The van der Waals surface area contributed by atoms with Gasteiger partial charge in [-0.25, -0.2) is 8.42 Å². The van der Waals surface area contributed by atoms with Gasteiger partial charge in [-0.15, -0.1) is 0 Å². The molecular weight excluding hydrogens is 254 g/mol. The third kappa shape index (κ3) is 3.20. The molecule has 0 atom stereocenters. The summed E-state index contributed by atoms with van der Waals surface area (Å²) in [5.74, 6) is 0. The first kappa shape index (κ1) is 10.3. The van der Waals surface area contributed by atoms with Crippen molar-refractivity contribution in [1.29, 1.82) is 0 Å². The van der Waals surface area contributed by atoms with E-state index in [1.165, 1.54) is 0 Å². The molecule has 0 heterocycles. The summed E-state index contributed by atoms with van der Waals surface area (Å²) in [7, 11) is -3.39. The number of hydrogen-bond acceptors (Lipinski definition) is 2. The topological polar surface area (TPSA) is 46.2 Å². The Kier molecular flexibility index (Phi) is 3.11. The van der Waals surface area contributed by atoms with E-state index in [2.05, 4.69) is 27.2 Å². The van der Waals surface area contributed by atoms with E-state index in [1.54, 1.807) is 24.3 Å². The van der Waals surface area contributed by atoms with Gasteiger partial charge in [0.25, 0.3) is 10.0 Å². The summed E-state index contributed by atoms with van der Waals surface area (Å²) in [6.07, 6.45) is 0. The summed E-state index contributed by atoms with van der Waals surface area (Å²) in [6.45, 7) is 3.19. The first-order chi connectivity index (χ1) is 6.03. The zero-order valence-corrected chi connectivity index (χ0v) is 9.10. The predicted octanol–water partition coefficient (Wildman–Crippen LogP) is 2.33. The second-order valence-electron chi connectivity index (χ2n) is 2.32. The number of anilines is 1. The molecule has 0 amide bonds. The van der Waals surface area contributed by atoms with Crippen LogP contribution in [0.5, 0.6) is 0 Å². The van der Waals surface area contributed by atoms with Crippen LogP contribution < -0.4 is 4.72 Å². The summed E-state index contributed by atoms with van der Waals surface area (Å²) >= 11 is 3.24. The highest BCUT2D eigenvalue weighted by Gasteiger charge is 2.02. The molecule has 0 aliphatic heterocycles. The van der Waals surface area contributed by atoms with E-state index in [-0.39, 0.29) is 0 Å². The highest BCUT2D eigenvalue weighted by molar-refractivity contribution is 9.10. The second-order valence-corrected chi connectivity index (χ2v) is 4.86. The van der Waals surface area contributed by atoms with E-state index in [1.807, 2.05) is 0 Å². The number of nitrogens with one attached hydrogen (secondary N) is 1. The molecule has 13 heavy (non-hydrogen) atoms. The molecule has 0 fully saturated rings. The van der Waals surface area contributed by atoms with Gasteiger partial charge in [0.05, 0.1) is 0 Å². The standard InChI is InChI=1S/C8H8BrNO2S/c1-2-13(11,12)10-8-5-3-7(9)4-6-8/h2-6,10H,1H2. The predicted molar refractivity (Wildman–Crippen MR) is 56.9 cm³/mol. The number of halogens is 1. The van der Waals surface area contributed by atoms with E-state index >= 15 is 0 Å². The summed E-state index contributed by atoms with van der Waals surface area (Å²) in [4.78, 5) is 0. The van der Waals surface area contributed by atoms with Crippen LogP contribution in [0.3, 0.4) is 0 Å². The number of sulfonamides is 1. The molecule has 1 rings (SSSR count). The van der Waals surface area contributed by atoms with E-state index in [0.29, 0.717) is 5.69 Å². The molecular formula is C8H8BrNO2S. The van der Waals surface area contributed by atoms with Gasteiger partial charge in [-0.2, -0.15) is 0 Å². The second kappa shape index (κ2) is 3.93. The Morgan fingerprint density at radius 2 is 1.85 bits per heavy atom. The van der Waals surface area contributed by atoms with E-state index in [9.17, 15) is 8.42 Å². The maximum Gasteiger partial charge on any atom is 0.254 e. The summed E-state index contributed by atoms with van der Waals surface area (Å²) in [6, 6.07) is 6.82. The van der Waals surface area contributed by atoms with Crippen LogP contribution in [0.25, 0.3) is 0 Å². The highest BCUT2D eigenvalue weighted by Crippen LogP contribution is 2.15. The van der Waals surface area contributed by atoms with Gasteiger partial charge in [-0.3, -0.25) is 4.72 Å². The van der Waals surface area contributed by atoms with Crippen molar-refractivity contribution in [3.05, 3.63) is 40.7 Å². The van der Waals surface area contributed by atoms with Gasteiger partial charge in [-0.1, -0.05) is 22.5 Å². The fourth-order valence-electron chi connectivity index (χ4n) is 0.724. The average Bonchev–Trinajstić information content (AvgIpc) is 2.09. The number of rotatable bonds is 3. The number of hydrogen-bond donors (Lipinski definition) is 1. The smallest absolute Gasteiger partial charge is 0.254 e. The zero-order chi connectivity index (χ0) is 9.90. The first-order valence-electron chi connectivity index (χ1n) is 3.44. The Balaban J connectivity index is 2.88. The molecule has 70 valence electrons. The van der Waals surface area contributed by atoms with Crippen LogP contribution in [0, 0.1) is 0 Å². The quantitative estimate of drug-likeness (QED) is 0.908. The molecule has 0 bridgehead atoms. The molecule has 0 aliphatic rings. The molecule has 0 aromatic heterocycles. The summed E-state index contributed by atoms with van der Waals surface area (Å²) in [5.41, 5.74) is 0.517. The maximum atomic E-state index is 11.0. The Morgan fingerprint density at radius 3 is 2.31 bits per heavy atom. The van der Waals surface area contributed by atoms with Crippen LogP contribution in [0.2, 0.25) is 0 Å². The monoisotopic (exact) mass is 261 g/mol. The van der Waals surface area contributed by atoms with E-state index in [0.717, 1.165) is 9.88 Å². The highest BCUT2D eigenvalue weighted by atomic mass is 79.9. The Bertz CT molecular complexity index is 397. The molecule has 1 aromatic carbocycles. The van der Waals surface area contributed by atoms with Crippen LogP contribution in [-0.4, -0.2) is 8.42 Å². The fraction of sp³-hybridized carbons (Fsp3) is 0. The zero-order valence-electron chi connectivity index (χ0n) is 6.70. The van der Waals surface area contributed by atoms with Gasteiger partial charge >= 0.3 is 0 Å². The van der Waals surface area contributed by atoms with Crippen LogP contribution in [-0.2, 0) is 10.0 Å². The van der Waals surface area contributed by atoms with Gasteiger partial charge in [-0.05, 0) is 24.3 Å². The van der Waals surface area contributed by atoms with Crippen molar-refractivity contribution in [1.82, 2.24) is 0 Å². The van der Waals surface area contributed by atoms with E-state index in [4.69, 9.17) is 0 Å². The van der Waals surface area contributed by atoms with Crippen molar-refractivity contribution >= 4 is 31.6 Å². The van der Waals surface area contributed by atoms with E-state index < -0.39 is 10.0 Å². The van der Waals surface area contributed by atoms with Crippen LogP contribution in [0.1, 0.15) is 0 Å². The first-order valence-corrected chi connectivity index (χ1v) is 5.78. The maximum absolute atomic E-state index is 11.0. The van der Waals surface area contributed by atoms with Gasteiger partial charge in [0.15, 0.2) is 0 Å². The van der Waals surface area contributed by atoms with Crippen LogP contribution >= 0.6 is 15.9 Å². The van der Waals surface area contributed by atoms with Crippen molar-refractivity contribution in [2.24, 2.45) is 0 Å². The van der Waals surface area contributed by atoms with Gasteiger partial charge in [0.1, 0.15) is 0 Å². The fourth-order valence-corrected chi connectivity index (χ4v) is 1.54. The average molecular weight is 262 g/mol. The SMILES string of the molecule is C=CS(=O)(=O)Nc1ccc(Br)cc1. The lowest BCUT2D eigenvalue weighted by Crippen LogP contribution is -2.07. The van der Waals surface area contributed by atoms with Crippen molar-refractivity contribution in [3.8, 4) is 0 Å². The molecule has 0 spiro atoms. The Morgan fingerprint density at radius 1 is 1.31 bits per heavy atom. The molecule has 0 unspecified atom stereocenters. The number of benzene rings is 1. The summed E-state index contributed by atoms with van der Waals surface area (Å²) in [5, 5.41) is 0.870. The molecule has 1 aromatic rings. The lowest BCUT2D eigenvalue weighted by Gasteiger charge is -2.02. The third-order valence-corrected chi connectivity index (χ3v) is 2.81. The Labute approximate surface area is 85.6 Å². The lowest BCUT2D eigenvalue weighted by molar-refractivity contribution is 0.609. The van der Waals surface area contributed by atoms with Gasteiger partial charge < -0.3 is 0 Å². The molecule has 0 radical (unpaired) electrons. The Hall–Kier alpha value is -0.810. The lowest BCUT2D eigenvalue weighted by atomic mass is 10.3. The van der Waals surface area contributed by atoms with Gasteiger partial charge in [0, 0.05) is 15.6 Å². The molecule has 0 saturated carbocycles. The van der Waals surface area contributed by atoms with Crippen molar-refractivity contribution in [3.63, 3.8) is 0 Å². The molecule has 0 aliphatic carbocycles. The van der Waals surface area contributed by atoms with Crippen molar-refractivity contribution in [2.45, 2.75) is 0 Å². The van der Waals surface area contributed by atoms with Crippen LogP contribution in [0.4, 0.5) is 5.69 Å². The molecule has 5 heteroatoms. The molecule has 1 N–H and O–H groups in total. The minimum absolute atomic E-state index is 0.517. The normalized spacial score (nSPS) is 10.8. The molecule has 3 nitrogen and oxygen atoms in total. The van der Waals surface area contributed by atoms with Crippen LogP contribution in [0.15, 0.2) is 40.7 Å². The minimum atomic E-state index is -3.39. The molecule has 0 saturated heterocycles.